The summed E-state index contributed by atoms with van der Waals surface area (Å²) >= 11 is 0. The van der Waals surface area contributed by atoms with Gasteiger partial charge in [-0.25, -0.2) is 4.99 Å². The van der Waals surface area contributed by atoms with Crippen LogP contribution in [0.15, 0.2) is 17.3 Å². The van der Waals surface area contributed by atoms with E-state index in [1.807, 2.05) is 17.8 Å². The van der Waals surface area contributed by atoms with Gasteiger partial charge in [-0.1, -0.05) is 6.42 Å². The van der Waals surface area contributed by atoms with Crippen molar-refractivity contribution in [3.63, 3.8) is 0 Å². The summed E-state index contributed by atoms with van der Waals surface area (Å²) in [5.41, 5.74) is 1.07. The highest BCUT2D eigenvalue weighted by molar-refractivity contribution is 14.0. The van der Waals surface area contributed by atoms with E-state index >= 15 is 0 Å². The number of nitrogens with one attached hydrogen (secondary N) is 2. The lowest BCUT2D eigenvalue weighted by Crippen LogP contribution is -2.37. The highest BCUT2D eigenvalue weighted by Gasteiger charge is 2.14. The Morgan fingerprint density at radius 1 is 1.24 bits per heavy atom. The molecule has 0 unspecified atom stereocenters. The summed E-state index contributed by atoms with van der Waals surface area (Å²) in [6, 6.07) is 1.98. The van der Waals surface area contributed by atoms with Gasteiger partial charge in [0.05, 0.1) is 18.8 Å². The smallest absolute Gasteiger partial charge is 0.192 e. The summed E-state index contributed by atoms with van der Waals surface area (Å²) < 4.78 is 4.09. The van der Waals surface area contributed by atoms with E-state index in [0.29, 0.717) is 13.1 Å². The summed E-state index contributed by atoms with van der Waals surface area (Å²) in [4.78, 5) is 4.62. The number of aromatic nitrogens is 5. The molecule has 3 heterocycles. The first-order valence-electron chi connectivity index (χ1n) is 8.68. The van der Waals surface area contributed by atoms with Gasteiger partial charge in [0.25, 0.3) is 0 Å². The van der Waals surface area contributed by atoms with Crippen LogP contribution in [0.4, 0.5) is 0 Å². The summed E-state index contributed by atoms with van der Waals surface area (Å²) in [6.07, 6.45) is 6.50. The molecule has 2 aromatic rings. The van der Waals surface area contributed by atoms with Crippen molar-refractivity contribution in [2.75, 3.05) is 6.54 Å². The molecule has 8 nitrogen and oxygen atoms in total. The predicted molar refractivity (Wildman–Crippen MR) is 108 cm³/mol. The zero-order chi connectivity index (χ0) is 16.8. The average molecular weight is 458 g/mol. The molecule has 0 spiro atoms. The Kier molecular flexibility index (Phi) is 7.66. The number of halogens is 1. The normalized spacial score (nSPS) is 14.4. The molecule has 25 heavy (non-hydrogen) atoms. The maximum absolute atomic E-state index is 4.62. The van der Waals surface area contributed by atoms with Gasteiger partial charge in [-0.05, 0) is 25.8 Å². The fourth-order valence-corrected chi connectivity index (χ4v) is 2.90. The van der Waals surface area contributed by atoms with Gasteiger partial charge in [-0.15, -0.1) is 34.2 Å². The standard InChI is InChI=1S/C16H26N8.HI/c1-3-17-16(18-11-13-8-9-20-23(13)2)19-12-15-22-21-14-7-5-4-6-10-24(14)15;/h8-9H,3-7,10-12H2,1-2H3,(H2,17,18,19);1H. The molecular formula is C16H27IN8. The molecule has 0 radical (unpaired) electrons. The number of aliphatic imine (C=N–C) groups is 1. The van der Waals surface area contributed by atoms with Crippen LogP contribution < -0.4 is 10.6 Å². The number of aryl methyl sites for hydroxylation is 2. The van der Waals surface area contributed by atoms with Crippen LogP contribution in [0, 0.1) is 0 Å². The molecule has 0 saturated heterocycles. The molecule has 1 aliphatic rings. The van der Waals surface area contributed by atoms with Gasteiger partial charge in [0.1, 0.15) is 5.82 Å². The van der Waals surface area contributed by atoms with E-state index < -0.39 is 0 Å². The molecule has 0 saturated carbocycles. The Balaban J connectivity index is 0.00000225. The van der Waals surface area contributed by atoms with E-state index in [9.17, 15) is 0 Å². The fraction of sp³-hybridized carbons (Fsp3) is 0.625. The Bertz CT molecular complexity index is 690. The highest BCUT2D eigenvalue weighted by atomic mass is 127. The minimum absolute atomic E-state index is 0. The van der Waals surface area contributed by atoms with E-state index in [-0.39, 0.29) is 24.0 Å². The van der Waals surface area contributed by atoms with Gasteiger partial charge in [0.15, 0.2) is 11.8 Å². The third kappa shape index (κ3) is 5.16. The summed E-state index contributed by atoms with van der Waals surface area (Å²) in [6.45, 7) is 5.11. The lowest BCUT2D eigenvalue weighted by molar-refractivity contribution is 0.596. The minimum Gasteiger partial charge on any atom is -0.357 e. The molecule has 0 atom stereocenters. The molecule has 9 heteroatoms. The van der Waals surface area contributed by atoms with Crippen molar-refractivity contribution < 1.29 is 0 Å². The number of guanidine groups is 1. The molecule has 1 aliphatic heterocycles. The molecule has 0 amide bonds. The quantitative estimate of drug-likeness (QED) is 0.404. The zero-order valence-electron chi connectivity index (χ0n) is 14.9. The molecular weight excluding hydrogens is 431 g/mol. The SMILES string of the molecule is CCNC(=NCc1ccnn1C)NCc1nnc2n1CCCCC2.I. The third-order valence-corrected chi connectivity index (χ3v) is 4.27. The van der Waals surface area contributed by atoms with E-state index in [2.05, 4.69) is 42.4 Å². The topological polar surface area (TPSA) is 84.9 Å². The first-order chi connectivity index (χ1) is 11.8. The van der Waals surface area contributed by atoms with Crippen LogP contribution in [0.3, 0.4) is 0 Å². The first-order valence-corrected chi connectivity index (χ1v) is 8.68. The molecule has 0 bridgehead atoms. The van der Waals surface area contributed by atoms with Crippen LogP contribution in [0.2, 0.25) is 0 Å². The Labute approximate surface area is 165 Å². The van der Waals surface area contributed by atoms with Crippen LogP contribution in [0.5, 0.6) is 0 Å². The van der Waals surface area contributed by atoms with Gasteiger partial charge in [0, 0.05) is 32.8 Å². The van der Waals surface area contributed by atoms with Crippen molar-refractivity contribution in [1.82, 2.24) is 35.2 Å². The van der Waals surface area contributed by atoms with Gasteiger partial charge in [-0.2, -0.15) is 5.10 Å². The van der Waals surface area contributed by atoms with Crippen LogP contribution in [0.25, 0.3) is 0 Å². The maximum Gasteiger partial charge on any atom is 0.192 e. The number of rotatable bonds is 5. The summed E-state index contributed by atoms with van der Waals surface area (Å²) in [5, 5.41) is 19.5. The summed E-state index contributed by atoms with van der Waals surface area (Å²) in [7, 11) is 1.93. The van der Waals surface area contributed by atoms with E-state index in [1.165, 1.54) is 19.3 Å². The van der Waals surface area contributed by atoms with Crippen LogP contribution in [-0.4, -0.2) is 37.0 Å². The van der Waals surface area contributed by atoms with Gasteiger partial charge in [-0.3, -0.25) is 4.68 Å². The molecule has 3 rings (SSSR count). The third-order valence-electron chi connectivity index (χ3n) is 4.27. The van der Waals surface area contributed by atoms with E-state index in [4.69, 9.17) is 0 Å². The lowest BCUT2D eigenvalue weighted by Gasteiger charge is -2.12. The predicted octanol–water partition coefficient (Wildman–Crippen LogP) is 1.61. The van der Waals surface area contributed by atoms with E-state index in [0.717, 1.165) is 42.8 Å². The molecule has 0 aromatic carbocycles. The molecule has 138 valence electrons. The van der Waals surface area contributed by atoms with Crippen molar-refractivity contribution in [2.24, 2.45) is 12.0 Å². The summed E-state index contributed by atoms with van der Waals surface area (Å²) in [5.74, 6) is 2.88. The van der Waals surface area contributed by atoms with Crippen LogP contribution in [-0.2, 0) is 33.1 Å². The average Bonchev–Trinajstić information content (AvgIpc) is 3.08. The number of fused-ring (bicyclic) bond motifs is 1. The molecule has 0 fully saturated rings. The first kappa shape index (κ1) is 19.7. The Hall–Kier alpha value is -1.65. The van der Waals surface area contributed by atoms with Crippen LogP contribution in [0.1, 0.15) is 43.5 Å². The molecule has 2 aromatic heterocycles. The van der Waals surface area contributed by atoms with E-state index in [1.54, 1.807) is 6.20 Å². The van der Waals surface area contributed by atoms with Crippen LogP contribution >= 0.6 is 24.0 Å². The molecule has 2 N–H and O–H groups in total. The number of nitrogens with zero attached hydrogens (tertiary/aromatic N) is 6. The second-order valence-corrected chi connectivity index (χ2v) is 5.99. The minimum atomic E-state index is 0. The second kappa shape index (κ2) is 9.73. The molecule has 0 aliphatic carbocycles. The number of hydrogen-bond acceptors (Lipinski definition) is 4. The Morgan fingerprint density at radius 3 is 2.88 bits per heavy atom. The van der Waals surface area contributed by atoms with Crippen molar-refractivity contribution in [3.05, 3.63) is 29.6 Å². The van der Waals surface area contributed by atoms with Gasteiger partial charge >= 0.3 is 0 Å². The lowest BCUT2D eigenvalue weighted by atomic mass is 10.2. The second-order valence-electron chi connectivity index (χ2n) is 5.99. The van der Waals surface area contributed by atoms with Crippen molar-refractivity contribution >= 4 is 29.9 Å². The zero-order valence-corrected chi connectivity index (χ0v) is 17.2. The van der Waals surface area contributed by atoms with Crippen molar-refractivity contribution in [1.29, 1.82) is 0 Å². The number of hydrogen-bond donors (Lipinski definition) is 2. The maximum atomic E-state index is 4.62. The van der Waals surface area contributed by atoms with Crippen molar-refractivity contribution in [2.45, 2.75) is 52.2 Å². The fourth-order valence-electron chi connectivity index (χ4n) is 2.90. The van der Waals surface area contributed by atoms with Crippen molar-refractivity contribution in [3.8, 4) is 0 Å². The Morgan fingerprint density at radius 2 is 2.12 bits per heavy atom. The highest BCUT2D eigenvalue weighted by Crippen LogP contribution is 2.14. The van der Waals surface area contributed by atoms with Gasteiger partial charge in [0.2, 0.25) is 0 Å². The van der Waals surface area contributed by atoms with Gasteiger partial charge < -0.3 is 15.2 Å². The monoisotopic (exact) mass is 458 g/mol. The largest absolute Gasteiger partial charge is 0.357 e.